The molecule has 1 N–H and O–H groups in total. The average Bonchev–Trinajstić information content (AvgIpc) is 3.01. The molecule has 3 aromatic rings. The molecule has 0 aliphatic heterocycles. The van der Waals surface area contributed by atoms with Crippen LogP contribution in [0.4, 0.5) is 10.1 Å². The molecule has 0 spiro atoms. The second kappa shape index (κ2) is 14.7. The van der Waals surface area contributed by atoms with Crippen LogP contribution >= 0.6 is 0 Å². The summed E-state index contributed by atoms with van der Waals surface area (Å²) in [6.45, 7) is 4.69. The summed E-state index contributed by atoms with van der Waals surface area (Å²) in [5.74, 6) is -0.566. The molecule has 0 saturated carbocycles. The number of rotatable bonds is 14. The number of anilines is 1. The van der Waals surface area contributed by atoms with Crippen LogP contribution in [0.3, 0.4) is 0 Å². The summed E-state index contributed by atoms with van der Waals surface area (Å²) in [6, 6.07) is 14.7. The van der Waals surface area contributed by atoms with Gasteiger partial charge in [-0.3, -0.25) is 13.9 Å². The van der Waals surface area contributed by atoms with Crippen molar-refractivity contribution < 1.29 is 36.6 Å². The van der Waals surface area contributed by atoms with Crippen molar-refractivity contribution in [3.8, 4) is 17.2 Å². The van der Waals surface area contributed by atoms with Gasteiger partial charge in [0, 0.05) is 18.7 Å². The summed E-state index contributed by atoms with van der Waals surface area (Å²) >= 11 is 0. The van der Waals surface area contributed by atoms with E-state index >= 15 is 0 Å². The Morgan fingerprint density at radius 2 is 1.58 bits per heavy atom. The molecule has 0 fully saturated rings. The van der Waals surface area contributed by atoms with Crippen LogP contribution in [-0.2, 0) is 26.2 Å². The predicted octanol–water partition coefficient (Wildman–Crippen LogP) is 4.38. The maximum Gasteiger partial charge on any atom is 0.264 e. The molecule has 0 aliphatic carbocycles. The van der Waals surface area contributed by atoms with Crippen LogP contribution in [0.2, 0.25) is 0 Å². The van der Waals surface area contributed by atoms with Crippen molar-refractivity contribution in [3.63, 3.8) is 0 Å². The van der Waals surface area contributed by atoms with Gasteiger partial charge in [0.15, 0.2) is 11.5 Å². The molecule has 0 heterocycles. The van der Waals surface area contributed by atoms with Gasteiger partial charge in [0.1, 0.15) is 24.2 Å². The maximum absolute atomic E-state index is 14.0. The molecule has 0 unspecified atom stereocenters. The highest BCUT2D eigenvalue weighted by Crippen LogP contribution is 2.32. The van der Waals surface area contributed by atoms with Crippen molar-refractivity contribution in [1.29, 1.82) is 0 Å². The number of carbonyl (C=O) groups is 2. The van der Waals surface area contributed by atoms with Crippen molar-refractivity contribution in [3.05, 3.63) is 78.1 Å². The molecule has 2 atom stereocenters. The van der Waals surface area contributed by atoms with E-state index in [0.29, 0.717) is 23.5 Å². The normalized spacial score (nSPS) is 12.5. The Balaban J connectivity index is 2.07. The number of nitrogens with zero attached hydrogens (tertiary/aromatic N) is 2. The lowest BCUT2D eigenvalue weighted by atomic mass is 10.1. The van der Waals surface area contributed by atoms with Crippen molar-refractivity contribution in [2.24, 2.45) is 0 Å². The average molecular weight is 616 g/mol. The summed E-state index contributed by atoms with van der Waals surface area (Å²) in [5, 5.41) is 2.89. The monoisotopic (exact) mass is 615 g/mol. The summed E-state index contributed by atoms with van der Waals surface area (Å²) < 4.78 is 58.6. The molecule has 12 heteroatoms. The van der Waals surface area contributed by atoms with E-state index in [4.69, 9.17) is 14.2 Å². The molecule has 0 bridgehead atoms. The molecule has 0 aromatic heterocycles. The molecular weight excluding hydrogens is 577 g/mol. The summed E-state index contributed by atoms with van der Waals surface area (Å²) in [4.78, 5) is 28.4. The zero-order valence-electron chi connectivity index (χ0n) is 25.2. The van der Waals surface area contributed by atoms with Crippen LogP contribution in [0.5, 0.6) is 17.2 Å². The minimum absolute atomic E-state index is 0.00120. The van der Waals surface area contributed by atoms with Crippen molar-refractivity contribution >= 4 is 27.5 Å². The number of amides is 2. The molecule has 3 rings (SSSR count). The number of nitrogens with one attached hydrogen (secondary N) is 1. The Labute approximate surface area is 252 Å². The second-order valence-electron chi connectivity index (χ2n) is 9.87. The number of halogens is 1. The molecule has 3 aromatic carbocycles. The van der Waals surface area contributed by atoms with Gasteiger partial charge in [0.2, 0.25) is 11.8 Å². The standard InChI is InChI=1S/C31H38FN3O7S/c1-7-21(2)33-31(37)22(3)34(19-23-9-8-10-26(17-23)40-4)30(36)20-35(25-13-11-24(32)12-14-25)43(38,39)27-15-16-28(41-5)29(18-27)42-6/h8-18,21-22H,7,19-20H2,1-6H3,(H,33,37)/t21-,22+/m0/s1. The Bertz CT molecular complexity index is 1520. The maximum atomic E-state index is 14.0. The van der Waals surface area contributed by atoms with E-state index in [9.17, 15) is 22.4 Å². The van der Waals surface area contributed by atoms with E-state index in [1.54, 1.807) is 31.2 Å². The minimum atomic E-state index is -4.40. The number of hydrogen-bond donors (Lipinski definition) is 1. The smallest absolute Gasteiger partial charge is 0.264 e. The predicted molar refractivity (Wildman–Crippen MR) is 161 cm³/mol. The molecule has 43 heavy (non-hydrogen) atoms. The zero-order chi connectivity index (χ0) is 31.7. The Morgan fingerprint density at radius 1 is 0.907 bits per heavy atom. The zero-order valence-corrected chi connectivity index (χ0v) is 26.0. The summed E-state index contributed by atoms with van der Waals surface area (Å²) in [5.41, 5.74) is 0.731. The van der Waals surface area contributed by atoms with Gasteiger partial charge in [-0.2, -0.15) is 0 Å². The van der Waals surface area contributed by atoms with Crippen LogP contribution in [0.15, 0.2) is 71.6 Å². The van der Waals surface area contributed by atoms with Gasteiger partial charge in [0.25, 0.3) is 10.0 Å². The lowest BCUT2D eigenvalue weighted by molar-refractivity contribution is -0.139. The number of hydrogen-bond acceptors (Lipinski definition) is 7. The lowest BCUT2D eigenvalue weighted by Gasteiger charge is -2.32. The van der Waals surface area contributed by atoms with Gasteiger partial charge >= 0.3 is 0 Å². The van der Waals surface area contributed by atoms with Crippen molar-refractivity contribution in [2.45, 2.75) is 50.7 Å². The highest BCUT2D eigenvalue weighted by molar-refractivity contribution is 7.92. The van der Waals surface area contributed by atoms with Crippen molar-refractivity contribution in [1.82, 2.24) is 10.2 Å². The first-order valence-corrected chi connectivity index (χ1v) is 15.1. The number of sulfonamides is 1. The van der Waals surface area contributed by atoms with Crippen molar-refractivity contribution in [2.75, 3.05) is 32.2 Å². The van der Waals surface area contributed by atoms with Gasteiger partial charge in [0.05, 0.1) is 31.9 Å². The molecule has 232 valence electrons. The molecule has 0 aliphatic rings. The van der Waals surface area contributed by atoms with Crippen LogP contribution in [-0.4, -0.2) is 65.1 Å². The third-order valence-electron chi connectivity index (χ3n) is 6.99. The van der Waals surface area contributed by atoms with Crippen LogP contribution < -0.4 is 23.8 Å². The van der Waals surface area contributed by atoms with Gasteiger partial charge in [-0.1, -0.05) is 19.1 Å². The fourth-order valence-electron chi connectivity index (χ4n) is 4.26. The highest BCUT2D eigenvalue weighted by Gasteiger charge is 2.33. The molecule has 0 radical (unpaired) electrons. The number of benzene rings is 3. The van der Waals surface area contributed by atoms with E-state index in [1.807, 2.05) is 13.8 Å². The number of methoxy groups -OCH3 is 3. The van der Waals surface area contributed by atoms with E-state index in [-0.39, 0.29) is 34.8 Å². The SMILES string of the molecule is CC[C@H](C)NC(=O)[C@@H](C)N(Cc1cccc(OC)c1)C(=O)CN(c1ccc(F)cc1)S(=O)(=O)c1ccc(OC)c(OC)c1. The first kappa shape index (κ1) is 33.2. The van der Waals surface area contributed by atoms with E-state index < -0.39 is 34.3 Å². The van der Waals surface area contributed by atoms with E-state index in [0.717, 1.165) is 16.4 Å². The topological polar surface area (TPSA) is 114 Å². The Kier molecular flexibility index (Phi) is 11.4. The van der Waals surface area contributed by atoms with Gasteiger partial charge in [-0.05, 0) is 74.4 Å². The third kappa shape index (κ3) is 8.16. The second-order valence-corrected chi connectivity index (χ2v) is 11.7. The Hall–Kier alpha value is -4.32. The van der Waals surface area contributed by atoms with Crippen LogP contribution in [0.25, 0.3) is 0 Å². The fraction of sp³-hybridized carbons (Fsp3) is 0.355. The highest BCUT2D eigenvalue weighted by atomic mass is 32.2. The first-order valence-electron chi connectivity index (χ1n) is 13.7. The fourth-order valence-corrected chi connectivity index (χ4v) is 5.69. The van der Waals surface area contributed by atoms with Crippen LogP contribution in [0, 0.1) is 5.82 Å². The van der Waals surface area contributed by atoms with Gasteiger partial charge in [-0.25, -0.2) is 12.8 Å². The number of ether oxygens (including phenoxy) is 3. The molecular formula is C31H38FN3O7S. The third-order valence-corrected chi connectivity index (χ3v) is 8.76. The van der Waals surface area contributed by atoms with E-state index in [1.165, 1.54) is 56.6 Å². The molecule has 2 amide bonds. The first-order chi connectivity index (χ1) is 20.4. The van der Waals surface area contributed by atoms with Gasteiger partial charge in [-0.15, -0.1) is 0 Å². The summed E-state index contributed by atoms with van der Waals surface area (Å²) in [7, 11) is -0.0861. The summed E-state index contributed by atoms with van der Waals surface area (Å²) in [6.07, 6.45) is 0.685. The molecule has 10 nitrogen and oxygen atoms in total. The Morgan fingerprint density at radius 3 is 2.19 bits per heavy atom. The minimum Gasteiger partial charge on any atom is -0.497 e. The quantitative estimate of drug-likeness (QED) is 0.286. The molecule has 0 saturated heterocycles. The van der Waals surface area contributed by atoms with Crippen LogP contribution in [0.1, 0.15) is 32.8 Å². The number of carbonyl (C=O) groups excluding carboxylic acids is 2. The van der Waals surface area contributed by atoms with Gasteiger partial charge < -0.3 is 24.4 Å². The largest absolute Gasteiger partial charge is 0.497 e. The lowest BCUT2D eigenvalue weighted by Crippen LogP contribution is -2.52. The van der Waals surface area contributed by atoms with E-state index in [2.05, 4.69) is 5.32 Å².